The highest BCUT2D eigenvalue weighted by Gasteiger charge is 2.32. The second kappa shape index (κ2) is 5.13. The first-order valence-electron chi connectivity index (χ1n) is 7.99. The van der Waals surface area contributed by atoms with Gasteiger partial charge in [0.05, 0.1) is 21.6 Å². The van der Waals surface area contributed by atoms with E-state index >= 15 is 0 Å². The number of rotatable bonds is 3. The van der Waals surface area contributed by atoms with Crippen molar-refractivity contribution in [1.82, 2.24) is 19.5 Å². The summed E-state index contributed by atoms with van der Waals surface area (Å²) in [5.74, 6) is 0.724. The summed E-state index contributed by atoms with van der Waals surface area (Å²) in [6, 6.07) is 12.9. The fraction of sp³-hybridized carbons (Fsp3) is 0.278. The normalized spacial score (nSPS) is 20.9. The Balaban J connectivity index is 1.31. The van der Waals surface area contributed by atoms with Crippen molar-refractivity contribution in [3.05, 3.63) is 53.9 Å². The minimum atomic E-state index is 0.536. The monoisotopic (exact) mass is 320 g/mol. The van der Waals surface area contributed by atoms with Crippen LogP contribution in [0.25, 0.3) is 21.4 Å². The molecule has 4 nitrogen and oxygen atoms in total. The van der Waals surface area contributed by atoms with Crippen LogP contribution in [-0.2, 0) is 6.42 Å². The lowest BCUT2D eigenvalue weighted by Gasteiger charge is -2.35. The maximum atomic E-state index is 4.76. The van der Waals surface area contributed by atoms with Gasteiger partial charge in [0.15, 0.2) is 5.65 Å². The average Bonchev–Trinajstić information content (AvgIpc) is 3.14. The molecule has 5 heteroatoms. The molecule has 0 spiro atoms. The van der Waals surface area contributed by atoms with Crippen molar-refractivity contribution in [1.29, 1.82) is 0 Å². The van der Waals surface area contributed by atoms with Gasteiger partial charge in [0.1, 0.15) is 5.52 Å². The van der Waals surface area contributed by atoms with Gasteiger partial charge in [-0.1, -0.05) is 12.1 Å². The predicted octanol–water partition coefficient (Wildman–Crippen LogP) is 4.23. The molecule has 0 N–H and O–H groups in total. The van der Waals surface area contributed by atoms with E-state index in [0.29, 0.717) is 6.04 Å². The van der Waals surface area contributed by atoms with Crippen molar-refractivity contribution in [2.24, 2.45) is 5.92 Å². The van der Waals surface area contributed by atoms with Crippen LogP contribution in [0.1, 0.15) is 23.9 Å². The Labute approximate surface area is 137 Å². The third-order valence-corrected chi connectivity index (χ3v) is 5.80. The Kier molecular flexibility index (Phi) is 2.94. The van der Waals surface area contributed by atoms with Crippen LogP contribution >= 0.6 is 11.3 Å². The van der Waals surface area contributed by atoms with Crippen molar-refractivity contribution in [3.8, 4) is 0 Å². The van der Waals surface area contributed by atoms with Crippen molar-refractivity contribution < 1.29 is 0 Å². The third kappa shape index (κ3) is 2.23. The molecular weight excluding hydrogens is 304 g/mol. The van der Waals surface area contributed by atoms with Crippen LogP contribution in [0.2, 0.25) is 0 Å². The van der Waals surface area contributed by atoms with Crippen molar-refractivity contribution >= 4 is 32.7 Å². The quantitative estimate of drug-likeness (QED) is 0.567. The van der Waals surface area contributed by atoms with E-state index in [1.807, 2.05) is 36.0 Å². The molecule has 0 saturated heterocycles. The fourth-order valence-electron chi connectivity index (χ4n) is 3.48. The Bertz CT molecular complexity index is 948. The first-order chi connectivity index (χ1) is 11.4. The van der Waals surface area contributed by atoms with Gasteiger partial charge in [-0.2, -0.15) is 0 Å². The molecule has 0 bridgehead atoms. The van der Waals surface area contributed by atoms with E-state index < -0.39 is 0 Å². The number of aromatic nitrogens is 4. The second-order valence-electron chi connectivity index (χ2n) is 6.27. The zero-order chi connectivity index (χ0) is 15.2. The number of imidazole rings is 1. The molecular formula is C18H16N4S. The van der Waals surface area contributed by atoms with Crippen LogP contribution in [0, 0.1) is 5.92 Å². The van der Waals surface area contributed by atoms with Crippen LogP contribution in [0.3, 0.4) is 0 Å². The molecule has 0 radical (unpaired) electrons. The number of pyridine rings is 1. The molecule has 5 rings (SSSR count). The maximum absolute atomic E-state index is 4.76. The standard InChI is InChI=1S/C18H16N4S/c1-2-6-16-14(4-1)21-17(23-16)10-12-8-13(9-12)22-11-20-15-5-3-7-19-18(15)22/h1-7,11-13H,8-10H2. The van der Waals surface area contributed by atoms with Gasteiger partial charge in [-0.3, -0.25) is 0 Å². The molecule has 1 aromatic carbocycles. The largest absolute Gasteiger partial charge is 0.312 e. The molecule has 3 aromatic heterocycles. The molecule has 1 aliphatic carbocycles. The van der Waals surface area contributed by atoms with Crippen LogP contribution < -0.4 is 0 Å². The number of nitrogens with zero attached hydrogens (tertiary/aromatic N) is 4. The Morgan fingerprint density at radius 2 is 1.91 bits per heavy atom. The number of fused-ring (bicyclic) bond motifs is 2. The lowest BCUT2D eigenvalue weighted by molar-refractivity contribution is 0.200. The van der Waals surface area contributed by atoms with E-state index in [1.165, 1.54) is 22.5 Å². The van der Waals surface area contributed by atoms with Gasteiger partial charge in [-0.25, -0.2) is 15.0 Å². The summed E-state index contributed by atoms with van der Waals surface area (Å²) in [7, 11) is 0. The van der Waals surface area contributed by atoms with E-state index in [-0.39, 0.29) is 0 Å². The molecule has 1 aliphatic rings. The highest BCUT2D eigenvalue weighted by molar-refractivity contribution is 7.18. The van der Waals surface area contributed by atoms with Crippen molar-refractivity contribution in [3.63, 3.8) is 0 Å². The van der Waals surface area contributed by atoms with Crippen LogP contribution in [0.4, 0.5) is 0 Å². The Hall–Kier alpha value is -2.27. The first-order valence-corrected chi connectivity index (χ1v) is 8.80. The Morgan fingerprint density at radius 1 is 1.04 bits per heavy atom. The highest BCUT2D eigenvalue weighted by atomic mass is 32.1. The molecule has 0 amide bonds. The average molecular weight is 320 g/mol. The van der Waals surface area contributed by atoms with Gasteiger partial charge in [0.25, 0.3) is 0 Å². The van der Waals surface area contributed by atoms with Gasteiger partial charge in [0.2, 0.25) is 0 Å². The van der Waals surface area contributed by atoms with Gasteiger partial charge in [-0.05, 0) is 43.0 Å². The summed E-state index contributed by atoms with van der Waals surface area (Å²) >= 11 is 1.83. The third-order valence-electron chi connectivity index (χ3n) is 4.74. The van der Waals surface area contributed by atoms with Crippen molar-refractivity contribution in [2.45, 2.75) is 25.3 Å². The summed E-state index contributed by atoms with van der Waals surface area (Å²) in [5.41, 5.74) is 3.13. The van der Waals surface area contributed by atoms with E-state index in [9.17, 15) is 0 Å². The van der Waals surface area contributed by atoms with Crippen LogP contribution in [-0.4, -0.2) is 19.5 Å². The van der Waals surface area contributed by atoms with Gasteiger partial charge < -0.3 is 4.57 Å². The lowest BCUT2D eigenvalue weighted by atomic mass is 9.78. The van der Waals surface area contributed by atoms with Crippen molar-refractivity contribution in [2.75, 3.05) is 0 Å². The number of thiazole rings is 1. The summed E-state index contributed by atoms with van der Waals surface area (Å²) in [4.78, 5) is 13.7. The predicted molar refractivity (Wildman–Crippen MR) is 92.6 cm³/mol. The molecule has 0 atom stereocenters. The van der Waals surface area contributed by atoms with Gasteiger partial charge in [0, 0.05) is 18.7 Å². The highest BCUT2D eigenvalue weighted by Crippen LogP contribution is 2.41. The molecule has 23 heavy (non-hydrogen) atoms. The summed E-state index contributed by atoms with van der Waals surface area (Å²) < 4.78 is 3.53. The second-order valence-corrected chi connectivity index (χ2v) is 7.38. The number of para-hydroxylation sites is 1. The summed E-state index contributed by atoms with van der Waals surface area (Å²) in [6.45, 7) is 0. The minimum absolute atomic E-state index is 0.536. The molecule has 0 unspecified atom stereocenters. The fourth-order valence-corrected chi connectivity index (χ4v) is 4.56. The number of hydrogen-bond acceptors (Lipinski definition) is 4. The zero-order valence-electron chi connectivity index (χ0n) is 12.6. The van der Waals surface area contributed by atoms with Crippen LogP contribution in [0.5, 0.6) is 0 Å². The smallest absolute Gasteiger partial charge is 0.160 e. The topological polar surface area (TPSA) is 43.6 Å². The van der Waals surface area contributed by atoms with Gasteiger partial charge >= 0.3 is 0 Å². The van der Waals surface area contributed by atoms with E-state index in [4.69, 9.17) is 4.98 Å². The van der Waals surface area contributed by atoms with E-state index in [1.54, 1.807) is 0 Å². The molecule has 114 valence electrons. The summed E-state index contributed by atoms with van der Waals surface area (Å²) in [5, 5.41) is 1.27. The molecule has 1 saturated carbocycles. The summed E-state index contributed by atoms with van der Waals surface area (Å²) in [6.07, 6.45) is 7.26. The molecule has 3 heterocycles. The maximum Gasteiger partial charge on any atom is 0.160 e. The minimum Gasteiger partial charge on any atom is -0.312 e. The lowest BCUT2D eigenvalue weighted by Crippen LogP contribution is -2.28. The van der Waals surface area contributed by atoms with Gasteiger partial charge in [-0.15, -0.1) is 11.3 Å². The molecule has 1 fully saturated rings. The SMILES string of the molecule is c1ccc2sc(CC3CC(n4cnc5cccnc54)C3)nc2c1. The van der Waals surface area contributed by atoms with E-state index in [2.05, 4.69) is 38.8 Å². The number of hydrogen-bond donors (Lipinski definition) is 0. The van der Waals surface area contributed by atoms with Crippen LogP contribution in [0.15, 0.2) is 48.9 Å². The Morgan fingerprint density at radius 3 is 2.83 bits per heavy atom. The zero-order valence-corrected chi connectivity index (χ0v) is 13.4. The first kappa shape index (κ1) is 13.2. The number of benzene rings is 1. The molecule has 4 aromatic rings. The molecule has 0 aliphatic heterocycles. The van der Waals surface area contributed by atoms with E-state index in [0.717, 1.165) is 29.0 Å².